The Bertz CT molecular complexity index is 158. The summed E-state index contributed by atoms with van der Waals surface area (Å²) in [6.45, 7) is 9.16. The molecule has 0 radical (unpaired) electrons. The Morgan fingerprint density at radius 3 is 1.83 bits per heavy atom. The summed E-state index contributed by atoms with van der Waals surface area (Å²) in [7, 11) is 0. The van der Waals surface area contributed by atoms with Crippen molar-refractivity contribution in [3.05, 3.63) is 0 Å². The topological polar surface area (TPSA) is 37.3 Å². The van der Waals surface area contributed by atoms with Crippen LogP contribution in [-0.2, 0) is 4.79 Å². The summed E-state index contributed by atoms with van der Waals surface area (Å²) in [5.41, 5.74) is -0.994. The lowest BCUT2D eigenvalue weighted by molar-refractivity contribution is -0.127. The van der Waals surface area contributed by atoms with E-state index in [2.05, 4.69) is 0 Å². The summed E-state index contributed by atoms with van der Waals surface area (Å²) in [6.07, 6.45) is 1.01. The Morgan fingerprint density at radius 1 is 1.17 bits per heavy atom. The molecule has 0 saturated carbocycles. The number of rotatable bonds is 3. The van der Waals surface area contributed by atoms with Crippen molar-refractivity contribution in [3.63, 3.8) is 0 Å². The van der Waals surface area contributed by atoms with Gasteiger partial charge in [-0.25, -0.2) is 0 Å². The maximum Gasteiger partial charge on any atom is 0.138 e. The quantitative estimate of drug-likeness (QED) is 0.708. The molecule has 0 bridgehead atoms. The Hall–Kier alpha value is -0.370. The van der Waals surface area contributed by atoms with Crippen molar-refractivity contribution >= 4 is 5.78 Å². The molecular weight excluding hydrogens is 152 g/mol. The predicted octanol–water partition coefficient (Wildman–Crippen LogP) is 2.15. The maximum absolute atomic E-state index is 11.4. The number of aliphatic hydroxyl groups is 1. The molecule has 0 fully saturated rings. The SMILES string of the molecule is CC(C)(O)CCC(=O)C(C)(C)C. The van der Waals surface area contributed by atoms with Crippen LogP contribution < -0.4 is 0 Å². The van der Waals surface area contributed by atoms with Gasteiger partial charge in [-0.2, -0.15) is 0 Å². The summed E-state index contributed by atoms with van der Waals surface area (Å²) in [4.78, 5) is 11.4. The van der Waals surface area contributed by atoms with E-state index in [0.29, 0.717) is 12.8 Å². The summed E-state index contributed by atoms with van der Waals surface area (Å²) < 4.78 is 0. The van der Waals surface area contributed by atoms with Crippen LogP contribution >= 0.6 is 0 Å². The van der Waals surface area contributed by atoms with E-state index in [-0.39, 0.29) is 11.2 Å². The summed E-state index contributed by atoms with van der Waals surface area (Å²) in [5.74, 6) is 0.213. The van der Waals surface area contributed by atoms with Gasteiger partial charge in [0.05, 0.1) is 5.60 Å². The minimum absolute atomic E-state index is 0.213. The molecule has 72 valence electrons. The van der Waals surface area contributed by atoms with Crippen LogP contribution in [0.4, 0.5) is 0 Å². The zero-order valence-electron chi connectivity index (χ0n) is 8.77. The standard InChI is InChI=1S/C10H20O2/c1-9(2,3)8(11)6-7-10(4,5)12/h12H,6-7H2,1-5H3. The summed E-state index contributed by atoms with van der Waals surface area (Å²) in [6, 6.07) is 0. The molecule has 2 heteroatoms. The van der Waals surface area contributed by atoms with E-state index in [1.165, 1.54) is 0 Å². The van der Waals surface area contributed by atoms with Crippen molar-refractivity contribution in [1.82, 2.24) is 0 Å². The fourth-order valence-corrected chi connectivity index (χ4v) is 0.794. The molecule has 12 heavy (non-hydrogen) atoms. The fourth-order valence-electron chi connectivity index (χ4n) is 0.794. The van der Waals surface area contributed by atoms with Gasteiger partial charge in [0.25, 0.3) is 0 Å². The van der Waals surface area contributed by atoms with Crippen molar-refractivity contribution in [3.8, 4) is 0 Å². The van der Waals surface area contributed by atoms with Crippen LogP contribution in [-0.4, -0.2) is 16.5 Å². The molecular formula is C10H20O2. The van der Waals surface area contributed by atoms with Gasteiger partial charge in [0, 0.05) is 11.8 Å². The molecule has 0 atom stereocenters. The molecule has 0 rings (SSSR count). The first kappa shape index (κ1) is 11.6. The first-order chi connectivity index (χ1) is 5.13. The van der Waals surface area contributed by atoms with E-state index >= 15 is 0 Å². The minimum Gasteiger partial charge on any atom is -0.390 e. The highest BCUT2D eigenvalue weighted by molar-refractivity contribution is 5.83. The third-order valence-electron chi connectivity index (χ3n) is 1.80. The molecule has 0 spiro atoms. The van der Waals surface area contributed by atoms with E-state index in [9.17, 15) is 9.90 Å². The Balaban J connectivity index is 3.90. The lowest BCUT2D eigenvalue weighted by atomic mass is 9.86. The van der Waals surface area contributed by atoms with Crippen LogP contribution in [0, 0.1) is 5.41 Å². The lowest BCUT2D eigenvalue weighted by Crippen LogP contribution is -2.25. The maximum atomic E-state index is 11.4. The molecule has 0 aromatic rings. The van der Waals surface area contributed by atoms with Crippen molar-refractivity contribution in [2.75, 3.05) is 0 Å². The minimum atomic E-state index is -0.721. The lowest BCUT2D eigenvalue weighted by Gasteiger charge is -2.20. The Labute approximate surface area is 75.0 Å². The van der Waals surface area contributed by atoms with E-state index in [1.54, 1.807) is 13.8 Å². The second kappa shape index (κ2) is 3.56. The monoisotopic (exact) mass is 172 g/mol. The van der Waals surface area contributed by atoms with Gasteiger partial charge in [-0.3, -0.25) is 4.79 Å². The molecule has 0 unspecified atom stereocenters. The largest absolute Gasteiger partial charge is 0.390 e. The van der Waals surface area contributed by atoms with Crippen LogP contribution in [0.15, 0.2) is 0 Å². The zero-order chi connectivity index (χ0) is 9.99. The van der Waals surface area contributed by atoms with Gasteiger partial charge in [-0.1, -0.05) is 20.8 Å². The molecule has 0 aromatic heterocycles. The molecule has 0 aliphatic carbocycles. The van der Waals surface area contributed by atoms with Gasteiger partial charge in [0.15, 0.2) is 0 Å². The van der Waals surface area contributed by atoms with Gasteiger partial charge >= 0.3 is 0 Å². The van der Waals surface area contributed by atoms with E-state index in [4.69, 9.17) is 0 Å². The van der Waals surface area contributed by atoms with Crippen LogP contribution in [0.2, 0.25) is 0 Å². The van der Waals surface area contributed by atoms with E-state index in [1.807, 2.05) is 20.8 Å². The smallest absolute Gasteiger partial charge is 0.138 e. The highest BCUT2D eigenvalue weighted by Crippen LogP contribution is 2.20. The number of carbonyl (C=O) groups is 1. The summed E-state index contributed by atoms with van der Waals surface area (Å²) in [5, 5.41) is 9.38. The van der Waals surface area contributed by atoms with E-state index in [0.717, 1.165) is 0 Å². The Kier molecular flexibility index (Phi) is 3.45. The van der Waals surface area contributed by atoms with Crippen molar-refractivity contribution in [2.24, 2.45) is 5.41 Å². The molecule has 2 nitrogen and oxygen atoms in total. The van der Waals surface area contributed by atoms with Gasteiger partial charge < -0.3 is 5.11 Å². The summed E-state index contributed by atoms with van der Waals surface area (Å²) >= 11 is 0. The first-order valence-corrected chi connectivity index (χ1v) is 4.38. The van der Waals surface area contributed by atoms with Gasteiger partial charge in [-0.05, 0) is 20.3 Å². The van der Waals surface area contributed by atoms with Crippen molar-refractivity contribution in [2.45, 2.75) is 53.1 Å². The first-order valence-electron chi connectivity index (χ1n) is 4.38. The van der Waals surface area contributed by atoms with Crippen LogP contribution in [0.1, 0.15) is 47.5 Å². The Morgan fingerprint density at radius 2 is 1.58 bits per heavy atom. The molecule has 0 aliphatic heterocycles. The van der Waals surface area contributed by atoms with Crippen LogP contribution in [0.25, 0.3) is 0 Å². The molecule has 1 N–H and O–H groups in total. The number of Topliss-reactive ketones (excluding diaryl/α,β-unsaturated/α-hetero) is 1. The third-order valence-corrected chi connectivity index (χ3v) is 1.80. The van der Waals surface area contributed by atoms with Crippen LogP contribution in [0.3, 0.4) is 0 Å². The number of hydrogen-bond acceptors (Lipinski definition) is 2. The number of hydrogen-bond donors (Lipinski definition) is 1. The second-order valence-electron chi connectivity index (χ2n) is 4.99. The van der Waals surface area contributed by atoms with E-state index < -0.39 is 5.60 Å². The molecule has 0 aliphatic rings. The molecule has 0 amide bonds. The number of ketones is 1. The van der Waals surface area contributed by atoms with Gasteiger partial charge in [-0.15, -0.1) is 0 Å². The van der Waals surface area contributed by atoms with Crippen LogP contribution in [0.5, 0.6) is 0 Å². The molecule has 0 heterocycles. The van der Waals surface area contributed by atoms with Gasteiger partial charge in [0.2, 0.25) is 0 Å². The average molecular weight is 172 g/mol. The van der Waals surface area contributed by atoms with Gasteiger partial charge in [0.1, 0.15) is 5.78 Å². The fraction of sp³-hybridized carbons (Fsp3) is 0.900. The van der Waals surface area contributed by atoms with Crippen molar-refractivity contribution < 1.29 is 9.90 Å². The molecule has 0 aromatic carbocycles. The second-order valence-corrected chi connectivity index (χ2v) is 4.99. The predicted molar refractivity (Wildman–Crippen MR) is 50.0 cm³/mol. The third kappa shape index (κ3) is 5.30. The van der Waals surface area contributed by atoms with Crippen molar-refractivity contribution in [1.29, 1.82) is 0 Å². The number of carbonyl (C=O) groups excluding carboxylic acids is 1. The average Bonchev–Trinajstić information content (AvgIpc) is 1.78. The normalized spacial score (nSPS) is 13.2. The zero-order valence-corrected chi connectivity index (χ0v) is 8.77. The highest BCUT2D eigenvalue weighted by Gasteiger charge is 2.23. The molecule has 0 saturated heterocycles. The highest BCUT2D eigenvalue weighted by atomic mass is 16.3.